The van der Waals surface area contributed by atoms with Crippen molar-refractivity contribution in [1.29, 1.82) is 0 Å². The molecular formula is C28H29ClN2O3S. The van der Waals surface area contributed by atoms with Crippen molar-refractivity contribution in [1.82, 2.24) is 9.80 Å². The average molecular weight is 509 g/mol. The van der Waals surface area contributed by atoms with E-state index in [1.165, 1.54) is 20.9 Å². The van der Waals surface area contributed by atoms with E-state index in [9.17, 15) is 9.90 Å². The van der Waals surface area contributed by atoms with Gasteiger partial charge in [0.2, 0.25) is 0 Å². The van der Waals surface area contributed by atoms with Gasteiger partial charge in [-0.1, -0.05) is 71.9 Å². The first-order valence-corrected chi connectivity index (χ1v) is 13.2. The maximum absolute atomic E-state index is 12.2. The number of ether oxygens (including phenoxy) is 1. The number of carbonyl (C=O) groups excluding carboxylic acids is 1. The Kier molecular flexibility index (Phi) is 7.75. The van der Waals surface area contributed by atoms with Crippen molar-refractivity contribution in [3.8, 4) is 0 Å². The number of aliphatic hydroxyl groups excluding tert-OH is 1. The molecule has 0 saturated carbocycles. The summed E-state index contributed by atoms with van der Waals surface area (Å²) in [5.74, 6) is -0.599. The van der Waals surface area contributed by atoms with Crippen molar-refractivity contribution in [3.63, 3.8) is 0 Å². The molecule has 3 aromatic carbocycles. The summed E-state index contributed by atoms with van der Waals surface area (Å²) < 4.78 is 5.36. The molecule has 2 aliphatic heterocycles. The highest BCUT2D eigenvalue weighted by Gasteiger charge is 2.30. The van der Waals surface area contributed by atoms with E-state index in [2.05, 4.69) is 46.2 Å². The van der Waals surface area contributed by atoms with Gasteiger partial charge in [-0.3, -0.25) is 9.80 Å². The second-order valence-electron chi connectivity index (χ2n) is 8.97. The lowest BCUT2D eigenvalue weighted by atomic mass is 9.96. The zero-order chi connectivity index (χ0) is 24.2. The number of carbonyl (C=O) groups is 1. The highest BCUT2D eigenvalue weighted by atomic mass is 35.5. The standard InChI is InChI=1S/C28H29ClN2O3S/c29-22-10-11-26-23(19-22)24(18-21-8-4-5-9-25(21)35-26)31-14-12-30(13-15-31)16-17-34-28(33)27(32)20-6-2-1-3-7-20/h1-11,19,24,27,32H,12-18H2. The number of hydrogen-bond donors (Lipinski definition) is 1. The molecule has 182 valence electrons. The van der Waals surface area contributed by atoms with E-state index in [0.29, 0.717) is 12.1 Å². The lowest BCUT2D eigenvalue weighted by Gasteiger charge is -2.39. The number of fused-ring (bicyclic) bond motifs is 2. The van der Waals surface area contributed by atoms with Crippen LogP contribution in [-0.2, 0) is 16.0 Å². The van der Waals surface area contributed by atoms with Crippen LogP contribution in [0, 0.1) is 0 Å². The van der Waals surface area contributed by atoms with Crippen molar-refractivity contribution in [2.45, 2.75) is 28.4 Å². The van der Waals surface area contributed by atoms with Crippen LogP contribution in [0.5, 0.6) is 0 Å². The SMILES string of the molecule is O=C(OCCN1CCN(C2Cc3ccccc3Sc3ccc(Cl)cc32)CC1)C(O)c1ccccc1. The predicted octanol–water partition coefficient (Wildman–Crippen LogP) is 4.98. The number of aliphatic hydroxyl groups is 1. The van der Waals surface area contributed by atoms with E-state index in [1.807, 2.05) is 23.9 Å². The molecule has 0 radical (unpaired) electrons. The Morgan fingerprint density at radius 2 is 1.74 bits per heavy atom. The molecule has 2 unspecified atom stereocenters. The second-order valence-corrected chi connectivity index (χ2v) is 10.5. The topological polar surface area (TPSA) is 53.0 Å². The zero-order valence-electron chi connectivity index (χ0n) is 19.5. The molecule has 2 aliphatic rings. The number of hydrogen-bond acceptors (Lipinski definition) is 6. The van der Waals surface area contributed by atoms with Crippen LogP contribution in [-0.4, -0.2) is 60.2 Å². The van der Waals surface area contributed by atoms with Crippen molar-refractivity contribution in [2.24, 2.45) is 0 Å². The van der Waals surface area contributed by atoms with Gasteiger partial charge in [0.15, 0.2) is 6.10 Å². The molecule has 1 fully saturated rings. The van der Waals surface area contributed by atoms with E-state index in [-0.39, 0.29) is 12.6 Å². The molecule has 2 heterocycles. The second kappa shape index (κ2) is 11.1. The zero-order valence-corrected chi connectivity index (χ0v) is 21.0. The summed E-state index contributed by atoms with van der Waals surface area (Å²) >= 11 is 8.25. The quantitative estimate of drug-likeness (QED) is 0.474. The normalized spacial score (nSPS) is 19.3. The Hall–Kier alpha value is -2.35. The van der Waals surface area contributed by atoms with Crippen LogP contribution < -0.4 is 0 Å². The minimum atomic E-state index is -1.24. The maximum atomic E-state index is 12.2. The van der Waals surface area contributed by atoms with E-state index in [4.69, 9.17) is 16.3 Å². The molecule has 5 rings (SSSR count). The molecule has 7 heteroatoms. The van der Waals surface area contributed by atoms with Gasteiger partial charge < -0.3 is 9.84 Å². The summed E-state index contributed by atoms with van der Waals surface area (Å²) in [5, 5.41) is 11.0. The van der Waals surface area contributed by atoms with E-state index in [0.717, 1.165) is 37.6 Å². The molecule has 0 spiro atoms. The highest BCUT2D eigenvalue weighted by molar-refractivity contribution is 7.99. The van der Waals surface area contributed by atoms with Gasteiger partial charge in [0.05, 0.1) is 0 Å². The van der Waals surface area contributed by atoms with Gasteiger partial charge in [0.1, 0.15) is 6.61 Å². The average Bonchev–Trinajstić information content (AvgIpc) is 3.05. The Morgan fingerprint density at radius 1 is 1.00 bits per heavy atom. The van der Waals surface area contributed by atoms with Gasteiger partial charge in [-0.15, -0.1) is 0 Å². The van der Waals surface area contributed by atoms with Crippen LogP contribution in [0.3, 0.4) is 0 Å². The fourth-order valence-corrected chi connectivity index (χ4v) is 6.13. The number of nitrogens with zero attached hydrogens (tertiary/aromatic N) is 2. The number of piperazine rings is 1. The maximum Gasteiger partial charge on any atom is 0.339 e. The third-order valence-corrected chi connectivity index (χ3v) is 8.22. The van der Waals surface area contributed by atoms with Gasteiger partial charge >= 0.3 is 5.97 Å². The molecule has 0 aromatic heterocycles. The summed E-state index contributed by atoms with van der Waals surface area (Å²) in [6, 6.07) is 24.1. The first kappa shape index (κ1) is 24.3. The van der Waals surface area contributed by atoms with E-state index < -0.39 is 12.1 Å². The van der Waals surface area contributed by atoms with Crippen LogP contribution in [0.2, 0.25) is 5.02 Å². The molecule has 1 N–H and O–H groups in total. The van der Waals surface area contributed by atoms with Gasteiger partial charge in [-0.25, -0.2) is 4.79 Å². The van der Waals surface area contributed by atoms with Crippen LogP contribution in [0.1, 0.15) is 28.8 Å². The molecule has 0 amide bonds. The largest absolute Gasteiger partial charge is 0.462 e. The molecule has 35 heavy (non-hydrogen) atoms. The Bertz CT molecular complexity index is 1170. The number of benzene rings is 3. The van der Waals surface area contributed by atoms with Crippen LogP contribution in [0.15, 0.2) is 82.6 Å². The molecular weight excluding hydrogens is 480 g/mol. The van der Waals surface area contributed by atoms with Gasteiger partial charge in [0, 0.05) is 53.6 Å². The van der Waals surface area contributed by atoms with Crippen molar-refractivity contribution in [3.05, 3.63) is 94.5 Å². The van der Waals surface area contributed by atoms with E-state index in [1.54, 1.807) is 24.3 Å². The minimum Gasteiger partial charge on any atom is -0.462 e. The molecule has 0 aliphatic carbocycles. The predicted molar refractivity (Wildman–Crippen MR) is 139 cm³/mol. The first-order valence-electron chi connectivity index (χ1n) is 12.0. The third kappa shape index (κ3) is 5.74. The fourth-order valence-electron chi connectivity index (χ4n) is 4.83. The summed E-state index contributed by atoms with van der Waals surface area (Å²) in [6.45, 7) is 4.61. The van der Waals surface area contributed by atoms with Gasteiger partial charge in [-0.2, -0.15) is 0 Å². The van der Waals surface area contributed by atoms with Crippen molar-refractivity contribution < 1.29 is 14.6 Å². The Balaban J connectivity index is 1.18. The summed E-state index contributed by atoms with van der Waals surface area (Å²) in [6.07, 6.45) is -0.276. The summed E-state index contributed by atoms with van der Waals surface area (Å²) in [7, 11) is 0. The van der Waals surface area contributed by atoms with Crippen LogP contribution in [0.25, 0.3) is 0 Å². The Labute approximate surface area is 215 Å². The molecule has 5 nitrogen and oxygen atoms in total. The van der Waals surface area contributed by atoms with Crippen LogP contribution >= 0.6 is 23.4 Å². The van der Waals surface area contributed by atoms with Gasteiger partial charge in [-0.05, 0) is 47.4 Å². The molecule has 2 atom stereocenters. The molecule has 3 aromatic rings. The number of halogens is 1. The molecule has 1 saturated heterocycles. The summed E-state index contributed by atoms with van der Waals surface area (Å²) in [5.41, 5.74) is 3.23. The van der Waals surface area contributed by atoms with E-state index >= 15 is 0 Å². The number of esters is 1. The lowest BCUT2D eigenvalue weighted by molar-refractivity contribution is -0.154. The third-order valence-electron chi connectivity index (χ3n) is 6.77. The Morgan fingerprint density at radius 3 is 2.54 bits per heavy atom. The van der Waals surface area contributed by atoms with Crippen LogP contribution in [0.4, 0.5) is 0 Å². The smallest absolute Gasteiger partial charge is 0.339 e. The minimum absolute atomic E-state index is 0.272. The highest BCUT2D eigenvalue weighted by Crippen LogP contribution is 2.43. The van der Waals surface area contributed by atoms with Gasteiger partial charge in [0.25, 0.3) is 0 Å². The lowest BCUT2D eigenvalue weighted by Crippen LogP contribution is -2.48. The fraction of sp³-hybridized carbons (Fsp3) is 0.321. The van der Waals surface area contributed by atoms with Crippen molar-refractivity contribution >= 4 is 29.3 Å². The molecule has 0 bridgehead atoms. The van der Waals surface area contributed by atoms with Crippen molar-refractivity contribution in [2.75, 3.05) is 39.3 Å². The monoisotopic (exact) mass is 508 g/mol. The first-order chi connectivity index (χ1) is 17.1. The summed E-state index contributed by atoms with van der Waals surface area (Å²) in [4.78, 5) is 19.7. The number of rotatable bonds is 6.